The van der Waals surface area contributed by atoms with Gasteiger partial charge in [0.05, 0.1) is 0 Å². The third kappa shape index (κ3) is 1.64. The Balaban J connectivity index is 2.82. The largest absolute Gasteiger partial charge is 0.453 e. The fraction of sp³-hybridized carbons (Fsp3) is 0.167. The van der Waals surface area contributed by atoms with Crippen molar-refractivity contribution in [3.05, 3.63) is 26.7 Å². The molecule has 0 amide bonds. The average Bonchev–Trinajstić information content (AvgIpc) is 2.15. The zero-order chi connectivity index (χ0) is 11.9. The minimum absolute atomic E-state index is 0.401. The van der Waals surface area contributed by atoms with Gasteiger partial charge in [0, 0.05) is 0 Å². The van der Waals surface area contributed by atoms with E-state index in [2.05, 4.69) is 15.2 Å². The highest BCUT2D eigenvalue weighted by Gasteiger charge is 2.35. The van der Waals surface area contributed by atoms with Crippen LogP contribution in [0.4, 0.5) is 13.2 Å². The number of aromatic amines is 2. The predicted octanol–water partition coefficient (Wildman–Crippen LogP) is -0.580. The molecule has 0 aliphatic rings. The average molecular weight is 233 g/mol. The highest BCUT2D eigenvalue weighted by molar-refractivity contribution is 5.66. The van der Waals surface area contributed by atoms with E-state index in [1.54, 1.807) is 4.98 Å². The van der Waals surface area contributed by atoms with E-state index in [0.717, 1.165) is 0 Å². The lowest BCUT2D eigenvalue weighted by atomic mass is 10.5. The molecular weight excluding hydrogens is 231 g/mol. The normalized spacial score (nSPS) is 11.9. The molecule has 2 heterocycles. The molecule has 0 aliphatic heterocycles. The second-order valence-electron chi connectivity index (χ2n) is 2.74. The van der Waals surface area contributed by atoms with Gasteiger partial charge in [-0.05, 0) is 0 Å². The number of halogens is 3. The van der Waals surface area contributed by atoms with E-state index in [4.69, 9.17) is 0 Å². The number of nitrogens with one attached hydrogen (secondary N) is 2. The molecule has 0 atom stereocenters. The van der Waals surface area contributed by atoms with Crippen LogP contribution in [0.5, 0.6) is 0 Å². The summed E-state index contributed by atoms with van der Waals surface area (Å²) in [7, 11) is 0. The van der Waals surface area contributed by atoms with Crippen LogP contribution >= 0.6 is 0 Å². The van der Waals surface area contributed by atoms with Gasteiger partial charge in [0.15, 0.2) is 11.2 Å². The molecule has 0 unspecified atom stereocenters. The maximum atomic E-state index is 12.2. The van der Waals surface area contributed by atoms with Crippen LogP contribution in [-0.2, 0) is 6.18 Å². The summed E-state index contributed by atoms with van der Waals surface area (Å²) in [6.45, 7) is 0. The molecule has 84 valence electrons. The lowest BCUT2D eigenvalue weighted by molar-refractivity contribution is -0.145. The van der Waals surface area contributed by atoms with Gasteiger partial charge in [-0.2, -0.15) is 13.2 Å². The zero-order valence-electron chi connectivity index (χ0n) is 7.29. The van der Waals surface area contributed by atoms with Crippen molar-refractivity contribution in [1.82, 2.24) is 25.1 Å². The van der Waals surface area contributed by atoms with Crippen LogP contribution < -0.4 is 11.2 Å². The molecule has 0 fully saturated rings. The lowest BCUT2D eigenvalue weighted by Gasteiger charge is -2.02. The van der Waals surface area contributed by atoms with Crippen molar-refractivity contribution in [2.24, 2.45) is 0 Å². The highest BCUT2D eigenvalue weighted by Crippen LogP contribution is 2.25. The number of hydrogen-bond acceptors (Lipinski definition) is 5. The Morgan fingerprint density at radius 1 is 1.06 bits per heavy atom. The van der Waals surface area contributed by atoms with E-state index in [1.807, 2.05) is 4.98 Å². The van der Waals surface area contributed by atoms with Crippen LogP contribution in [0.25, 0.3) is 11.2 Å². The van der Waals surface area contributed by atoms with Crippen molar-refractivity contribution in [3.8, 4) is 0 Å². The fourth-order valence-electron chi connectivity index (χ4n) is 0.990. The summed E-state index contributed by atoms with van der Waals surface area (Å²) in [4.78, 5) is 28.6. The summed E-state index contributed by atoms with van der Waals surface area (Å²) in [6, 6.07) is 0. The number of hydrogen-bond donors (Lipinski definition) is 2. The van der Waals surface area contributed by atoms with E-state index in [1.165, 1.54) is 0 Å². The van der Waals surface area contributed by atoms with Gasteiger partial charge < -0.3 is 0 Å². The minimum Gasteiger partial charge on any atom is -0.288 e. The molecule has 2 aromatic rings. The van der Waals surface area contributed by atoms with E-state index < -0.39 is 34.4 Å². The third-order valence-corrected chi connectivity index (χ3v) is 1.61. The molecule has 0 saturated heterocycles. The van der Waals surface area contributed by atoms with Gasteiger partial charge >= 0.3 is 11.9 Å². The molecule has 10 heteroatoms. The molecule has 7 nitrogen and oxygen atoms in total. The van der Waals surface area contributed by atoms with E-state index >= 15 is 0 Å². The second-order valence-corrected chi connectivity index (χ2v) is 2.74. The summed E-state index contributed by atoms with van der Waals surface area (Å²) in [6.07, 6.45) is -4.80. The molecule has 0 saturated carbocycles. The lowest BCUT2D eigenvalue weighted by Crippen LogP contribution is -2.25. The van der Waals surface area contributed by atoms with E-state index in [-0.39, 0.29) is 0 Å². The summed E-state index contributed by atoms with van der Waals surface area (Å²) in [5.41, 5.74) is -2.98. The predicted molar refractivity (Wildman–Crippen MR) is 43.6 cm³/mol. The first kappa shape index (κ1) is 10.3. The van der Waals surface area contributed by atoms with Gasteiger partial charge in [-0.1, -0.05) is 0 Å². The van der Waals surface area contributed by atoms with Gasteiger partial charge in [-0.25, -0.2) is 9.78 Å². The molecule has 0 aromatic carbocycles. The molecule has 2 aromatic heterocycles. The summed E-state index contributed by atoms with van der Waals surface area (Å²) >= 11 is 0. The molecule has 0 bridgehead atoms. The first-order chi connectivity index (χ1) is 7.38. The number of nitrogens with zero attached hydrogens (tertiary/aromatic N) is 3. The van der Waals surface area contributed by atoms with Gasteiger partial charge in [0.2, 0.25) is 0 Å². The van der Waals surface area contributed by atoms with Gasteiger partial charge in [0.25, 0.3) is 11.4 Å². The molecule has 0 spiro atoms. The van der Waals surface area contributed by atoms with Crippen molar-refractivity contribution in [2.45, 2.75) is 6.18 Å². The summed E-state index contributed by atoms with van der Waals surface area (Å²) < 4.78 is 36.5. The van der Waals surface area contributed by atoms with E-state index in [0.29, 0.717) is 0 Å². The van der Waals surface area contributed by atoms with Crippen LogP contribution in [0.15, 0.2) is 9.59 Å². The van der Waals surface area contributed by atoms with E-state index in [9.17, 15) is 22.8 Å². The van der Waals surface area contributed by atoms with Crippen LogP contribution in [0.2, 0.25) is 0 Å². The topological polar surface area (TPSA) is 104 Å². The Morgan fingerprint density at radius 3 is 2.38 bits per heavy atom. The van der Waals surface area contributed by atoms with Crippen molar-refractivity contribution in [3.63, 3.8) is 0 Å². The monoisotopic (exact) mass is 233 g/mol. The van der Waals surface area contributed by atoms with Crippen LogP contribution in [-0.4, -0.2) is 25.1 Å². The Labute approximate surface area is 83.4 Å². The number of rotatable bonds is 0. The van der Waals surface area contributed by atoms with Crippen molar-refractivity contribution >= 4 is 11.2 Å². The quantitative estimate of drug-likeness (QED) is 0.633. The Bertz CT molecular complexity index is 657. The molecule has 0 radical (unpaired) electrons. The van der Waals surface area contributed by atoms with Gasteiger partial charge in [-0.3, -0.25) is 14.8 Å². The molecule has 2 rings (SSSR count). The SMILES string of the molecule is O=c1[nH]c(=O)c2nc(C(F)(F)F)nnc2[nH]1. The first-order valence-electron chi connectivity index (χ1n) is 3.82. The second kappa shape index (κ2) is 3.12. The zero-order valence-corrected chi connectivity index (χ0v) is 7.29. The van der Waals surface area contributed by atoms with Gasteiger partial charge in [-0.15, -0.1) is 10.2 Å². The number of aromatic nitrogens is 5. The number of H-pyrrole nitrogens is 2. The molecular formula is C6H2F3N5O2. The maximum absolute atomic E-state index is 12.2. The van der Waals surface area contributed by atoms with Crippen LogP contribution in [0.3, 0.4) is 0 Å². The standard InChI is InChI=1S/C6H2F3N5O2/c7-6(8,9)4-10-1-2(13-14-4)11-5(16)12-3(1)15/h(H2,11,12,13,15,16). The summed E-state index contributed by atoms with van der Waals surface area (Å²) in [5.74, 6) is -1.54. The summed E-state index contributed by atoms with van der Waals surface area (Å²) in [5, 5.41) is 5.81. The number of fused-ring (bicyclic) bond motifs is 1. The van der Waals surface area contributed by atoms with Gasteiger partial charge in [0.1, 0.15) is 0 Å². The maximum Gasteiger partial charge on any atom is 0.453 e. The highest BCUT2D eigenvalue weighted by atomic mass is 19.4. The molecule has 2 N–H and O–H groups in total. The molecule has 0 aliphatic carbocycles. The van der Waals surface area contributed by atoms with Crippen molar-refractivity contribution in [1.29, 1.82) is 0 Å². The Hall–Kier alpha value is -2.26. The van der Waals surface area contributed by atoms with Crippen molar-refractivity contribution in [2.75, 3.05) is 0 Å². The fourth-order valence-corrected chi connectivity index (χ4v) is 0.990. The minimum atomic E-state index is -4.80. The Kier molecular flexibility index (Phi) is 2.00. The smallest absolute Gasteiger partial charge is 0.288 e. The first-order valence-corrected chi connectivity index (χ1v) is 3.82. The van der Waals surface area contributed by atoms with Crippen LogP contribution in [0, 0.1) is 0 Å². The number of alkyl halides is 3. The van der Waals surface area contributed by atoms with Crippen molar-refractivity contribution < 1.29 is 13.2 Å². The Morgan fingerprint density at radius 2 is 1.75 bits per heavy atom. The van der Waals surface area contributed by atoms with Crippen LogP contribution in [0.1, 0.15) is 5.82 Å². The third-order valence-electron chi connectivity index (χ3n) is 1.61. The molecule has 16 heavy (non-hydrogen) atoms.